The minimum absolute atomic E-state index is 0.304. The van der Waals surface area contributed by atoms with Gasteiger partial charge in [0.05, 0.1) is 19.1 Å². The van der Waals surface area contributed by atoms with Gasteiger partial charge in [-0.25, -0.2) is 0 Å². The fourth-order valence-corrected chi connectivity index (χ4v) is 3.10. The smallest absolute Gasteiger partial charge is 0.310 e. The number of ether oxygens (including phenoxy) is 1. The quantitative estimate of drug-likeness (QED) is 0.664. The van der Waals surface area contributed by atoms with E-state index in [2.05, 4.69) is 10.3 Å². The summed E-state index contributed by atoms with van der Waals surface area (Å²) in [5.41, 5.74) is 2.05. The zero-order valence-electron chi connectivity index (χ0n) is 14.5. The van der Waals surface area contributed by atoms with E-state index in [1.54, 1.807) is 25.1 Å². The highest BCUT2D eigenvalue weighted by molar-refractivity contribution is 6.31. The van der Waals surface area contributed by atoms with E-state index >= 15 is 0 Å². The molecule has 5 nitrogen and oxygen atoms in total. The molecule has 2 aromatic carbocycles. The highest BCUT2D eigenvalue weighted by Crippen LogP contribution is 2.25. The van der Waals surface area contributed by atoms with Gasteiger partial charge >= 0.3 is 5.97 Å². The number of esters is 1. The summed E-state index contributed by atoms with van der Waals surface area (Å²) < 4.78 is 4.85. The second-order valence-electron chi connectivity index (χ2n) is 6.09. The van der Waals surface area contributed by atoms with Crippen LogP contribution in [0.3, 0.4) is 0 Å². The van der Waals surface area contributed by atoms with Crippen molar-refractivity contribution >= 4 is 34.4 Å². The van der Waals surface area contributed by atoms with E-state index in [4.69, 9.17) is 16.3 Å². The molecule has 0 aliphatic heterocycles. The molecule has 0 unspecified atom stereocenters. The predicted molar refractivity (Wildman–Crippen MR) is 101 cm³/mol. The lowest BCUT2D eigenvalue weighted by molar-refractivity contribution is -0.145. The van der Waals surface area contributed by atoms with E-state index in [9.17, 15) is 9.59 Å². The first kappa shape index (κ1) is 18.0. The molecule has 0 aliphatic rings. The molecule has 134 valence electrons. The summed E-state index contributed by atoms with van der Waals surface area (Å²) in [4.78, 5) is 27.9. The molecule has 0 saturated heterocycles. The molecule has 2 N–H and O–H groups in total. The highest BCUT2D eigenvalue weighted by Gasteiger charge is 2.28. The summed E-state index contributed by atoms with van der Waals surface area (Å²) in [7, 11) is 1.34. The molecule has 1 amide bonds. The number of carbonyl (C=O) groups excluding carboxylic acids is 2. The average Bonchev–Trinajstić information content (AvgIpc) is 3.08. The Kier molecular flexibility index (Phi) is 5.28. The van der Waals surface area contributed by atoms with Crippen LogP contribution in [-0.2, 0) is 9.53 Å². The number of aromatic amines is 1. The normalized spacial score (nSPS) is 13.2. The predicted octanol–water partition coefficient (Wildman–Crippen LogP) is 4.10. The Hall–Kier alpha value is -2.79. The molecule has 0 aliphatic carbocycles. The maximum Gasteiger partial charge on any atom is 0.310 e. The van der Waals surface area contributed by atoms with Crippen molar-refractivity contribution in [2.75, 3.05) is 7.11 Å². The van der Waals surface area contributed by atoms with Crippen molar-refractivity contribution in [2.45, 2.75) is 13.0 Å². The van der Waals surface area contributed by atoms with Gasteiger partial charge in [-0.3, -0.25) is 9.59 Å². The number of halogens is 1. The summed E-state index contributed by atoms with van der Waals surface area (Å²) in [6.07, 6.45) is 0. The molecular formula is C20H19ClN2O3. The van der Waals surface area contributed by atoms with Crippen molar-refractivity contribution in [3.05, 3.63) is 70.9 Å². The Morgan fingerprint density at radius 2 is 1.85 bits per heavy atom. The lowest BCUT2D eigenvalue weighted by Gasteiger charge is -2.23. The van der Waals surface area contributed by atoms with E-state index in [-0.39, 0.29) is 11.9 Å². The van der Waals surface area contributed by atoms with Crippen molar-refractivity contribution in [1.82, 2.24) is 10.3 Å². The maximum absolute atomic E-state index is 12.8. The van der Waals surface area contributed by atoms with Gasteiger partial charge in [-0.05, 0) is 36.8 Å². The van der Waals surface area contributed by atoms with Crippen LogP contribution in [0.5, 0.6) is 0 Å². The van der Waals surface area contributed by atoms with Crippen LogP contribution in [0.15, 0.2) is 54.6 Å². The molecule has 0 radical (unpaired) electrons. The van der Waals surface area contributed by atoms with Crippen LogP contribution in [-0.4, -0.2) is 24.0 Å². The van der Waals surface area contributed by atoms with E-state index in [0.717, 1.165) is 16.5 Å². The number of H-pyrrole nitrogens is 1. The number of nitrogens with one attached hydrogen (secondary N) is 2. The number of carbonyl (C=O) groups is 2. The molecule has 3 rings (SSSR count). The number of amides is 1. The summed E-state index contributed by atoms with van der Waals surface area (Å²) in [5.74, 6) is -1.23. The standard InChI is InChI=1S/C20H19ClN2O3/c1-12(20(25)26-2)18(13-6-4-3-5-7-13)23-19(24)17-11-14-10-15(21)8-9-16(14)22-17/h3-12,18,22H,1-2H3,(H,23,24)/t12-,18+/m1/s1. The molecule has 6 heteroatoms. The molecular weight excluding hydrogens is 352 g/mol. The van der Waals surface area contributed by atoms with Crippen molar-refractivity contribution in [1.29, 1.82) is 0 Å². The van der Waals surface area contributed by atoms with Crippen LogP contribution < -0.4 is 5.32 Å². The fourth-order valence-electron chi connectivity index (χ4n) is 2.92. The zero-order valence-corrected chi connectivity index (χ0v) is 15.2. The lowest BCUT2D eigenvalue weighted by Crippen LogP contribution is -2.36. The van der Waals surface area contributed by atoms with E-state index in [0.29, 0.717) is 10.7 Å². The number of hydrogen-bond donors (Lipinski definition) is 2. The van der Waals surface area contributed by atoms with Gasteiger partial charge in [-0.1, -0.05) is 41.9 Å². The summed E-state index contributed by atoms with van der Waals surface area (Å²) >= 11 is 6.00. The van der Waals surface area contributed by atoms with Gasteiger partial charge in [0.25, 0.3) is 5.91 Å². The number of fused-ring (bicyclic) bond motifs is 1. The van der Waals surface area contributed by atoms with Crippen molar-refractivity contribution in [2.24, 2.45) is 5.92 Å². The van der Waals surface area contributed by atoms with Gasteiger partial charge in [-0.15, -0.1) is 0 Å². The average molecular weight is 371 g/mol. The van der Waals surface area contributed by atoms with E-state index < -0.39 is 12.0 Å². The van der Waals surface area contributed by atoms with Gasteiger partial charge in [0.15, 0.2) is 0 Å². The third kappa shape index (κ3) is 3.73. The Balaban J connectivity index is 1.89. The van der Waals surface area contributed by atoms with Crippen molar-refractivity contribution in [3.63, 3.8) is 0 Å². The third-order valence-corrected chi connectivity index (χ3v) is 4.58. The number of benzene rings is 2. The first-order valence-corrected chi connectivity index (χ1v) is 8.59. The molecule has 2 atom stereocenters. The monoisotopic (exact) mass is 370 g/mol. The van der Waals surface area contributed by atoms with E-state index in [1.165, 1.54) is 7.11 Å². The Morgan fingerprint density at radius 3 is 2.54 bits per heavy atom. The third-order valence-electron chi connectivity index (χ3n) is 4.35. The minimum atomic E-state index is -0.537. The van der Waals surface area contributed by atoms with Gasteiger partial charge in [0.1, 0.15) is 5.69 Å². The highest BCUT2D eigenvalue weighted by atomic mass is 35.5. The van der Waals surface area contributed by atoms with E-state index in [1.807, 2.05) is 36.4 Å². The first-order chi connectivity index (χ1) is 12.5. The fraction of sp³-hybridized carbons (Fsp3) is 0.200. The molecule has 0 spiro atoms. The molecule has 3 aromatic rings. The Morgan fingerprint density at radius 1 is 1.12 bits per heavy atom. The second kappa shape index (κ2) is 7.62. The van der Waals surface area contributed by atoms with Gasteiger partial charge < -0.3 is 15.0 Å². The zero-order chi connectivity index (χ0) is 18.7. The largest absolute Gasteiger partial charge is 0.469 e. The topological polar surface area (TPSA) is 71.2 Å². The number of rotatable bonds is 5. The van der Waals surface area contributed by atoms with Crippen molar-refractivity contribution in [3.8, 4) is 0 Å². The van der Waals surface area contributed by atoms with Crippen LogP contribution >= 0.6 is 11.6 Å². The summed E-state index contributed by atoms with van der Waals surface area (Å²) in [5, 5.41) is 4.39. The SMILES string of the molecule is COC(=O)[C@H](C)[C@H](NC(=O)c1cc2cc(Cl)ccc2[nH]1)c1ccccc1. The lowest BCUT2D eigenvalue weighted by atomic mass is 9.94. The summed E-state index contributed by atoms with van der Waals surface area (Å²) in [6.45, 7) is 1.73. The Bertz CT molecular complexity index is 937. The van der Waals surface area contributed by atoms with Gasteiger partial charge in [-0.2, -0.15) is 0 Å². The van der Waals surface area contributed by atoms with Crippen molar-refractivity contribution < 1.29 is 14.3 Å². The van der Waals surface area contributed by atoms with Crippen LogP contribution in [0.1, 0.15) is 29.0 Å². The van der Waals surface area contributed by atoms with Crippen LogP contribution in [0.4, 0.5) is 0 Å². The molecule has 1 aromatic heterocycles. The number of hydrogen-bond acceptors (Lipinski definition) is 3. The summed E-state index contributed by atoms with van der Waals surface area (Å²) in [6, 6.07) is 15.9. The molecule has 1 heterocycles. The van der Waals surface area contributed by atoms with Crippen LogP contribution in [0.25, 0.3) is 10.9 Å². The number of methoxy groups -OCH3 is 1. The minimum Gasteiger partial charge on any atom is -0.469 e. The second-order valence-corrected chi connectivity index (χ2v) is 6.52. The van der Waals surface area contributed by atoms with Crippen LogP contribution in [0.2, 0.25) is 5.02 Å². The maximum atomic E-state index is 12.8. The Labute approximate surface area is 156 Å². The molecule has 0 bridgehead atoms. The molecule has 0 fully saturated rings. The number of aromatic nitrogens is 1. The molecule has 0 saturated carbocycles. The molecule has 26 heavy (non-hydrogen) atoms. The first-order valence-electron chi connectivity index (χ1n) is 8.21. The van der Waals surface area contributed by atoms with Gasteiger partial charge in [0, 0.05) is 15.9 Å². The van der Waals surface area contributed by atoms with Crippen LogP contribution in [0, 0.1) is 5.92 Å². The van der Waals surface area contributed by atoms with Gasteiger partial charge in [0.2, 0.25) is 0 Å².